The van der Waals surface area contributed by atoms with E-state index >= 15 is 0 Å². The number of anilines is 1. The molecular weight excluding hydrogens is 230 g/mol. The summed E-state index contributed by atoms with van der Waals surface area (Å²) in [7, 11) is 0. The Balaban J connectivity index is 2.25. The molecule has 18 heavy (non-hydrogen) atoms. The van der Waals surface area contributed by atoms with Gasteiger partial charge in [-0.3, -0.25) is 0 Å². The third-order valence-corrected chi connectivity index (χ3v) is 2.70. The third-order valence-electron chi connectivity index (χ3n) is 2.70. The van der Waals surface area contributed by atoms with Crippen LogP contribution in [0.4, 0.5) is 5.69 Å². The first kappa shape index (κ1) is 10.7. The predicted octanol–water partition coefficient (Wildman–Crippen LogP) is 1.85. The number of nitrogens with one attached hydrogen (secondary N) is 1. The van der Waals surface area contributed by atoms with E-state index in [4.69, 9.17) is 5.11 Å². The zero-order valence-electron chi connectivity index (χ0n) is 9.46. The van der Waals surface area contributed by atoms with Crippen molar-refractivity contribution in [3.05, 3.63) is 36.4 Å². The molecule has 0 aliphatic carbocycles. The van der Waals surface area contributed by atoms with Crippen molar-refractivity contribution in [1.82, 2.24) is 9.97 Å². The summed E-state index contributed by atoms with van der Waals surface area (Å²) in [6.07, 6.45) is 0. The number of aliphatic hydroxyl groups is 1. The van der Waals surface area contributed by atoms with Gasteiger partial charge in [-0.25, -0.2) is 9.97 Å². The number of hydrogen-bond acceptors (Lipinski definition) is 5. The predicted molar refractivity (Wildman–Crippen MR) is 69.4 cm³/mol. The second-order valence-electron chi connectivity index (χ2n) is 3.94. The maximum Gasteiger partial charge on any atom is 0.117 e. The number of nitrogens with zero attached hydrogens (tertiary/aromatic N) is 2. The number of aromatic hydroxyl groups is 1. The summed E-state index contributed by atoms with van der Waals surface area (Å²) in [5.41, 5.74) is 3.65. The molecule has 0 spiro atoms. The van der Waals surface area contributed by atoms with Crippen molar-refractivity contribution in [2.75, 3.05) is 12.0 Å². The Bertz CT molecular complexity index is 728. The number of rotatable bonds is 2. The first-order chi connectivity index (χ1) is 8.76. The van der Waals surface area contributed by atoms with Gasteiger partial charge >= 0.3 is 0 Å². The first-order valence-corrected chi connectivity index (χ1v) is 5.51. The second kappa shape index (κ2) is 4.12. The molecule has 90 valence electrons. The molecule has 1 heterocycles. The fraction of sp³-hybridized carbons (Fsp3) is 0.0769. The number of aliphatic hydroxyl groups excluding tert-OH is 1. The van der Waals surface area contributed by atoms with E-state index in [2.05, 4.69) is 15.3 Å². The minimum atomic E-state index is -0.132. The molecule has 3 N–H and O–H groups in total. The Morgan fingerprint density at radius 1 is 0.889 bits per heavy atom. The smallest absolute Gasteiger partial charge is 0.117 e. The van der Waals surface area contributed by atoms with Gasteiger partial charge in [0.05, 0.1) is 22.1 Å². The minimum absolute atomic E-state index is 0.132. The van der Waals surface area contributed by atoms with Gasteiger partial charge in [0.25, 0.3) is 0 Å². The number of phenols is 1. The number of aromatic nitrogens is 2. The molecule has 3 aromatic rings. The fourth-order valence-corrected chi connectivity index (χ4v) is 1.86. The summed E-state index contributed by atoms with van der Waals surface area (Å²) in [5, 5.41) is 21.0. The van der Waals surface area contributed by atoms with Crippen LogP contribution in [0.2, 0.25) is 0 Å². The van der Waals surface area contributed by atoms with E-state index in [9.17, 15) is 5.11 Å². The largest absolute Gasteiger partial charge is 0.508 e. The van der Waals surface area contributed by atoms with Gasteiger partial charge in [0, 0.05) is 11.8 Å². The molecule has 0 aliphatic rings. The van der Waals surface area contributed by atoms with E-state index in [0.717, 1.165) is 16.7 Å². The highest BCUT2D eigenvalue weighted by atomic mass is 16.3. The minimum Gasteiger partial charge on any atom is -0.508 e. The summed E-state index contributed by atoms with van der Waals surface area (Å²) >= 11 is 0. The number of hydrogen-bond donors (Lipinski definition) is 3. The summed E-state index contributed by atoms with van der Waals surface area (Å²) in [5.74, 6) is 0.167. The van der Waals surface area contributed by atoms with Crippen LogP contribution in [-0.2, 0) is 0 Å². The molecule has 0 radical (unpaired) electrons. The summed E-state index contributed by atoms with van der Waals surface area (Å²) < 4.78 is 0. The maximum atomic E-state index is 9.43. The number of phenolic OH excluding ortho intramolecular Hbond substituents is 1. The van der Waals surface area contributed by atoms with Gasteiger partial charge in [-0.05, 0) is 30.3 Å². The third kappa shape index (κ3) is 1.80. The van der Waals surface area contributed by atoms with Gasteiger partial charge < -0.3 is 15.5 Å². The lowest BCUT2D eigenvalue weighted by atomic mass is 10.2. The quantitative estimate of drug-likeness (QED) is 0.471. The lowest BCUT2D eigenvalue weighted by Gasteiger charge is -2.05. The normalized spacial score (nSPS) is 10.9. The van der Waals surface area contributed by atoms with Gasteiger partial charge in [-0.1, -0.05) is 0 Å². The average molecular weight is 241 g/mol. The molecule has 0 saturated heterocycles. The topological polar surface area (TPSA) is 78.3 Å². The Kier molecular flexibility index (Phi) is 2.46. The lowest BCUT2D eigenvalue weighted by molar-refractivity contribution is 0.326. The molecule has 0 atom stereocenters. The van der Waals surface area contributed by atoms with Crippen molar-refractivity contribution in [2.45, 2.75) is 0 Å². The molecule has 0 fully saturated rings. The Hall–Kier alpha value is -2.40. The highest BCUT2D eigenvalue weighted by Gasteiger charge is 2.03. The van der Waals surface area contributed by atoms with E-state index in [1.807, 2.05) is 18.2 Å². The number of fused-ring (bicyclic) bond motifs is 2. The van der Waals surface area contributed by atoms with Crippen LogP contribution in [0, 0.1) is 0 Å². The van der Waals surface area contributed by atoms with E-state index in [0.29, 0.717) is 11.0 Å². The standard InChI is InChI=1S/C13H11N3O2/c17-7-14-8-1-3-10-12(5-8)16-13-6-9(18)2-4-11(13)15-10/h1-6,14,17-18H,7H2. The second-order valence-corrected chi connectivity index (χ2v) is 3.94. The average Bonchev–Trinajstić information content (AvgIpc) is 2.36. The first-order valence-electron chi connectivity index (χ1n) is 5.51. The molecule has 5 heteroatoms. The highest BCUT2D eigenvalue weighted by Crippen LogP contribution is 2.22. The zero-order valence-corrected chi connectivity index (χ0v) is 9.46. The lowest BCUT2D eigenvalue weighted by Crippen LogP contribution is -1.99. The van der Waals surface area contributed by atoms with E-state index < -0.39 is 0 Å². The summed E-state index contributed by atoms with van der Waals surface area (Å²) in [6.45, 7) is -0.132. The van der Waals surface area contributed by atoms with Crippen molar-refractivity contribution in [1.29, 1.82) is 0 Å². The Labute approximate surface area is 103 Å². The molecule has 0 saturated carbocycles. The van der Waals surface area contributed by atoms with Crippen LogP contribution in [0.5, 0.6) is 5.75 Å². The van der Waals surface area contributed by atoms with Crippen LogP contribution < -0.4 is 5.32 Å². The maximum absolute atomic E-state index is 9.43. The van der Waals surface area contributed by atoms with Crippen molar-refractivity contribution in [3.63, 3.8) is 0 Å². The Morgan fingerprint density at radius 2 is 1.56 bits per heavy atom. The molecule has 2 aromatic carbocycles. The molecule has 0 amide bonds. The van der Waals surface area contributed by atoms with Crippen LogP contribution in [-0.4, -0.2) is 26.9 Å². The summed E-state index contributed by atoms with van der Waals surface area (Å²) in [4.78, 5) is 8.89. The van der Waals surface area contributed by atoms with Gasteiger partial charge in [0.1, 0.15) is 12.5 Å². The molecule has 0 bridgehead atoms. The molecular formula is C13H11N3O2. The Morgan fingerprint density at radius 3 is 2.33 bits per heavy atom. The molecule has 5 nitrogen and oxygen atoms in total. The zero-order chi connectivity index (χ0) is 12.5. The summed E-state index contributed by atoms with van der Waals surface area (Å²) in [6, 6.07) is 10.4. The van der Waals surface area contributed by atoms with Crippen LogP contribution >= 0.6 is 0 Å². The van der Waals surface area contributed by atoms with Gasteiger partial charge in [0.2, 0.25) is 0 Å². The molecule has 0 aliphatic heterocycles. The van der Waals surface area contributed by atoms with Gasteiger partial charge in [-0.15, -0.1) is 0 Å². The van der Waals surface area contributed by atoms with Crippen LogP contribution in [0.3, 0.4) is 0 Å². The van der Waals surface area contributed by atoms with Crippen LogP contribution in [0.1, 0.15) is 0 Å². The molecule has 0 unspecified atom stereocenters. The van der Waals surface area contributed by atoms with Gasteiger partial charge in [0.15, 0.2) is 0 Å². The van der Waals surface area contributed by atoms with Crippen LogP contribution in [0.25, 0.3) is 22.1 Å². The van der Waals surface area contributed by atoms with Crippen molar-refractivity contribution in [3.8, 4) is 5.75 Å². The van der Waals surface area contributed by atoms with E-state index in [1.54, 1.807) is 18.2 Å². The monoisotopic (exact) mass is 241 g/mol. The molecule has 1 aromatic heterocycles. The van der Waals surface area contributed by atoms with E-state index in [-0.39, 0.29) is 12.5 Å². The van der Waals surface area contributed by atoms with Gasteiger partial charge in [-0.2, -0.15) is 0 Å². The molecule has 3 rings (SSSR count). The van der Waals surface area contributed by atoms with Crippen molar-refractivity contribution >= 4 is 27.8 Å². The van der Waals surface area contributed by atoms with Crippen molar-refractivity contribution < 1.29 is 10.2 Å². The SMILES string of the molecule is OCNc1ccc2nc3ccc(O)cc3nc2c1. The highest BCUT2D eigenvalue weighted by molar-refractivity contribution is 5.88. The van der Waals surface area contributed by atoms with Crippen molar-refractivity contribution in [2.24, 2.45) is 0 Å². The number of benzene rings is 2. The van der Waals surface area contributed by atoms with Crippen LogP contribution in [0.15, 0.2) is 36.4 Å². The van der Waals surface area contributed by atoms with E-state index in [1.165, 1.54) is 0 Å². The fourth-order valence-electron chi connectivity index (χ4n) is 1.86.